The van der Waals surface area contributed by atoms with Gasteiger partial charge in [-0.1, -0.05) is 43.3 Å². The number of hydrogen-bond acceptors (Lipinski definition) is 1. The summed E-state index contributed by atoms with van der Waals surface area (Å²) < 4.78 is 0. The van der Waals surface area contributed by atoms with Crippen molar-refractivity contribution in [1.29, 1.82) is 0 Å². The highest BCUT2D eigenvalue weighted by molar-refractivity contribution is 6.03. The van der Waals surface area contributed by atoms with Gasteiger partial charge in [-0.05, 0) is 31.2 Å². The minimum atomic E-state index is 0.00159. The Morgan fingerprint density at radius 1 is 1.23 bits per heavy atom. The van der Waals surface area contributed by atoms with Crippen molar-refractivity contribution < 1.29 is 9.69 Å². The van der Waals surface area contributed by atoms with Gasteiger partial charge < -0.3 is 10.2 Å². The summed E-state index contributed by atoms with van der Waals surface area (Å²) in [6, 6.07) is 14.2. The van der Waals surface area contributed by atoms with Crippen LogP contribution in [-0.2, 0) is 4.79 Å². The number of rotatable bonds is 3. The molecule has 3 atom stereocenters. The molecule has 1 fully saturated rings. The van der Waals surface area contributed by atoms with Crippen LogP contribution in [0.4, 0.5) is 5.69 Å². The first kappa shape index (κ1) is 15.0. The zero-order valence-electron chi connectivity index (χ0n) is 13.4. The van der Waals surface area contributed by atoms with Gasteiger partial charge in [0.15, 0.2) is 6.04 Å². The number of hydrogen-bond donors (Lipinski definition) is 2. The van der Waals surface area contributed by atoms with E-state index in [-0.39, 0.29) is 11.9 Å². The van der Waals surface area contributed by atoms with Gasteiger partial charge in [-0.15, -0.1) is 0 Å². The van der Waals surface area contributed by atoms with Crippen molar-refractivity contribution in [3.05, 3.63) is 42.5 Å². The van der Waals surface area contributed by atoms with Crippen LogP contribution in [0.2, 0.25) is 0 Å². The molecule has 0 saturated carbocycles. The molecule has 3 nitrogen and oxygen atoms in total. The highest BCUT2D eigenvalue weighted by Crippen LogP contribution is 2.22. The Labute approximate surface area is 132 Å². The Morgan fingerprint density at radius 3 is 2.82 bits per heavy atom. The Kier molecular flexibility index (Phi) is 4.44. The van der Waals surface area contributed by atoms with Gasteiger partial charge in [0.2, 0.25) is 0 Å². The van der Waals surface area contributed by atoms with Gasteiger partial charge in [0.05, 0.1) is 13.1 Å². The maximum atomic E-state index is 12.6. The predicted octanol–water partition coefficient (Wildman–Crippen LogP) is 2.48. The first-order valence-electron chi connectivity index (χ1n) is 8.28. The molecule has 0 bridgehead atoms. The topological polar surface area (TPSA) is 33.5 Å². The Hall–Kier alpha value is -1.87. The molecule has 116 valence electrons. The lowest BCUT2D eigenvalue weighted by molar-refractivity contribution is -0.922. The second kappa shape index (κ2) is 6.49. The fraction of sp³-hybridized carbons (Fsp3) is 0.421. The van der Waals surface area contributed by atoms with E-state index in [1.165, 1.54) is 17.7 Å². The number of fused-ring (bicyclic) bond motifs is 1. The average Bonchev–Trinajstić information content (AvgIpc) is 2.54. The van der Waals surface area contributed by atoms with Crippen LogP contribution >= 0.6 is 0 Å². The van der Waals surface area contributed by atoms with E-state index in [4.69, 9.17) is 0 Å². The van der Waals surface area contributed by atoms with Gasteiger partial charge in [0, 0.05) is 17.0 Å². The third-order valence-corrected chi connectivity index (χ3v) is 4.86. The summed E-state index contributed by atoms with van der Waals surface area (Å²) >= 11 is 0. The third-order valence-electron chi connectivity index (χ3n) is 4.86. The third kappa shape index (κ3) is 3.14. The standard InChI is InChI=1S/C19H24N2O/c1-14-7-6-12-21(13-14)15(2)19(22)20-18-11-5-9-16-8-3-4-10-17(16)18/h3-5,8-11,14-15H,6-7,12-13H2,1-2H3,(H,20,22)/p+1/t14-,15+/m1/s1. The van der Waals surface area contributed by atoms with Crippen molar-refractivity contribution in [2.45, 2.75) is 32.7 Å². The van der Waals surface area contributed by atoms with E-state index in [1.807, 2.05) is 31.2 Å². The molecule has 1 aliphatic rings. The van der Waals surface area contributed by atoms with Crippen LogP contribution < -0.4 is 10.2 Å². The second-order valence-electron chi connectivity index (χ2n) is 6.60. The van der Waals surface area contributed by atoms with Gasteiger partial charge in [-0.2, -0.15) is 0 Å². The first-order chi connectivity index (χ1) is 10.6. The minimum absolute atomic E-state index is 0.00159. The molecular formula is C19H25N2O+. The van der Waals surface area contributed by atoms with Crippen LogP contribution in [0.15, 0.2) is 42.5 Å². The number of nitrogens with one attached hydrogen (secondary N) is 2. The van der Waals surface area contributed by atoms with Gasteiger partial charge >= 0.3 is 0 Å². The van der Waals surface area contributed by atoms with Gasteiger partial charge in [0.25, 0.3) is 5.91 Å². The van der Waals surface area contributed by atoms with Crippen molar-refractivity contribution in [2.75, 3.05) is 18.4 Å². The second-order valence-corrected chi connectivity index (χ2v) is 6.60. The van der Waals surface area contributed by atoms with Crippen LogP contribution in [0.5, 0.6) is 0 Å². The summed E-state index contributed by atoms with van der Waals surface area (Å²) in [5, 5.41) is 5.40. The number of piperidine rings is 1. The van der Waals surface area contributed by atoms with Crippen LogP contribution in [0, 0.1) is 5.92 Å². The number of carbonyl (C=O) groups excluding carboxylic acids is 1. The fourth-order valence-electron chi connectivity index (χ4n) is 3.48. The van der Waals surface area contributed by atoms with Crippen molar-refractivity contribution in [3.8, 4) is 0 Å². The molecular weight excluding hydrogens is 272 g/mol. The lowest BCUT2D eigenvalue weighted by Gasteiger charge is -2.31. The summed E-state index contributed by atoms with van der Waals surface area (Å²) in [6.45, 7) is 6.54. The molecule has 0 aromatic heterocycles. The Bertz CT molecular complexity index is 662. The van der Waals surface area contributed by atoms with E-state index in [0.29, 0.717) is 0 Å². The maximum Gasteiger partial charge on any atom is 0.282 e. The van der Waals surface area contributed by atoms with E-state index in [1.54, 1.807) is 0 Å². The van der Waals surface area contributed by atoms with E-state index in [9.17, 15) is 4.79 Å². The normalized spacial score (nSPS) is 23.2. The summed E-state index contributed by atoms with van der Waals surface area (Å²) in [6.07, 6.45) is 2.52. The maximum absolute atomic E-state index is 12.6. The number of quaternary nitrogens is 1. The molecule has 3 heteroatoms. The zero-order chi connectivity index (χ0) is 15.5. The zero-order valence-corrected chi connectivity index (χ0v) is 13.4. The largest absolute Gasteiger partial charge is 0.325 e. The molecule has 2 aromatic rings. The summed E-state index contributed by atoms with van der Waals surface area (Å²) in [7, 11) is 0. The molecule has 1 amide bonds. The van der Waals surface area contributed by atoms with E-state index in [0.717, 1.165) is 35.5 Å². The Balaban J connectivity index is 1.75. The molecule has 1 aliphatic heterocycles. The highest BCUT2D eigenvalue weighted by Gasteiger charge is 2.29. The SMILES string of the molecule is C[C@@H]1CCC[NH+]([C@@H](C)C(=O)Nc2cccc3ccccc23)C1. The lowest BCUT2D eigenvalue weighted by Crippen LogP contribution is -3.17. The highest BCUT2D eigenvalue weighted by atomic mass is 16.2. The quantitative estimate of drug-likeness (QED) is 0.896. The lowest BCUT2D eigenvalue weighted by atomic mass is 9.99. The van der Waals surface area contributed by atoms with Gasteiger partial charge in [-0.3, -0.25) is 4.79 Å². The van der Waals surface area contributed by atoms with Crippen LogP contribution in [0.3, 0.4) is 0 Å². The number of benzene rings is 2. The monoisotopic (exact) mass is 297 g/mol. The molecule has 22 heavy (non-hydrogen) atoms. The average molecular weight is 297 g/mol. The summed E-state index contributed by atoms with van der Waals surface area (Å²) in [4.78, 5) is 14.0. The smallest absolute Gasteiger partial charge is 0.282 e. The molecule has 0 aliphatic carbocycles. The molecule has 3 rings (SSSR count). The van der Waals surface area contributed by atoms with Crippen LogP contribution in [0.25, 0.3) is 10.8 Å². The number of carbonyl (C=O) groups is 1. The van der Waals surface area contributed by atoms with Crippen LogP contribution in [0.1, 0.15) is 26.7 Å². The molecule has 1 saturated heterocycles. The number of likely N-dealkylation sites (tertiary alicyclic amines) is 1. The van der Waals surface area contributed by atoms with Crippen molar-refractivity contribution in [3.63, 3.8) is 0 Å². The first-order valence-corrected chi connectivity index (χ1v) is 8.28. The number of anilines is 1. The molecule has 0 spiro atoms. The van der Waals surface area contributed by atoms with Crippen LogP contribution in [-0.4, -0.2) is 25.0 Å². The fourth-order valence-corrected chi connectivity index (χ4v) is 3.48. The molecule has 2 N–H and O–H groups in total. The van der Waals surface area contributed by atoms with E-state index in [2.05, 4.69) is 30.4 Å². The summed E-state index contributed by atoms with van der Waals surface area (Å²) in [5.74, 6) is 0.844. The van der Waals surface area contributed by atoms with Gasteiger partial charge in [-0.25, -0.2) is 0 Å². The molecule has 0 radical (unpaired) electrons. The van der Waals surface area contributed by atoms with E-state index >= 15 is 0 Å². The predicted molar refractivity (Wildman–Crippen MR) is 91.1 cm³/mol. The molecule has 1 unspecified atom stereocenters. The molecule has 1 heterocycles. The van der Waals surface area contributed by atoms with Gasteiger partial charge in [0.1, 0.15) is 0 Å². The van der Waals surface area contributed by atoms with Crippen molar-refractivity contribution >= 4 is 22.4 Å². The number of amides is 1. The van der Waals surface area contributed by atoms with E-state index < -0.39 is 0 Å². The minimum Gasteiger partial charge on any atom is -0.325 e. The summed E-state index contributed by atoms with van der Waals surface area (Å²) in [5.41, 5.74) is 0.916. The Morgan fingerprint density at radius 2 is 2.00 bits per heavy atom. The molecule has 2 aromatic carbocycles. The van der Waals surface area contributed by atoms with Crippen molar-refractivity contribution in [2.24, 2.45) is 5.92 Å². The van der Waals surface area contributed by atoms with Crippen molar-refractivity contribution in [1.82, 2.24) is 0 Å².